The van der Waals surface area contributed by atoms with Gasteiger partial charge in [0.25, 0.3) is 0 Å². The lowest BCUT2D eigenvalue weighted by molar-refractivity contribution is -0.155. The normalized spacial score (nSPS) is 27.0. The van der Waals surface area contributed by atoms with E-state index in [0.717, 1.165) is 24.0 Å². The van der Waals surface area contributed by atoms with Crippen LogP contribution in [-0.2, 0) is 14.8 Å². The van der Waals surface area contributed by atoms with Crippen LogP contribution in [0.15, 0.2) is 61.2 Å². The molecule has 2 aromatic rings. The number of piperidine rings is 1. The van der Waals surface area contributed by atoms with Crippen molar-refractivity contribution in [2.45, 2.75) is 68.7 Å². The second-order valence-electron chi connectivity index (χ2n) is 11.6. The molecule has 1 saturated heterocycles. The molecule has 5 rings (SSSR count). The van der Waals surface area contributed by atoms with Gasteiger partial charge < -0.3 is 4.90 Å². The van der Waals surface area contributed by atoms with Crippen molar-refractivity contribution >= 4 is 39.1 Å². The minimum atomic E-state index is -3.38. The van der Waals surface area contributed by atoms with Crippen molar-refractivity contribution in [2.75, 3.05) is 13.6 Å². The van der Waals surface area contributed by atoms with E-state index in [1.807, 2.05) is 60.4 Å². The quantitative estimate of drug-likeness (QED) is 0.292. The van der Waals surface area contributed by atoms with Crippen LogP contribution in [0.25, 0.3) is 0 Å². The molecule has 8 heteroatoms. The lowest BCUT2D eigenvalue weighted by atomic mass is 9.67. The fourth-order valence-electron chi connectivity index (χ4n) is 6.19. The van der Waals surface area contributed by atoms with Crippen molar-refractivity contribution in [1.29, 1.82) is 0 Å². The number of rotatable bonds is 10. The summed E-state index contributed by atoms with van der Waals surface area (Å²) in [5.74, 6) is 0.283. The lowest BCUT2D eigenvalue weighted by Crippen LogP contribution is -2.58. The van der Waals surface area contributed by atoms with E-state index in [-0.39, 0.29) is 35.1 Å². The van der Waals surface area contributed by atoms with Gasteiger partial charge in [-0.3, -0.25) is 4.79 Å². The van der Waals surface area contributed by atoms with Crippen molar-refractivity contribution in [2.24, 2.45) is 11.3 Å². The predicted molar refractivity (Wildman–Crippen MR) is 154 cm³/mol. The minimum absolute atomic E-state index is 0.0379. The van der Waals surface area contributed by atoms with Crippen LogP contribution in [0, 0.1) is 11.3 Å². The Kier molecular flexibility index (Phi) is 7.73. The molecular formula is C30H36Cl2N2O3S. The van der Waals surface area contributed by atoms with Crippen LogP contribution >= 0.6 is 23.2 Å². The molecule has 1 aliphatic heterocycles. The van der Waals surface area contributed by atoms with E-state index in [1.165, 1.54) is 4.31 Å². The number of carbonyl (C=O) groups excluding carboxylic acids is 1. The van der Waals surface area contributed by atoms with Crippen molar-refractivity contribution < 1.29 is 13.2 Å². The average Bonchev–Trinajstić information content (AvgIpc) is 3.78. The first-order chi connectivity index (χ1) is 18.0. The van der Waals surface area contributed by atoms with Crippen molar-refractivity contribution in [3.8, 4) is 0 Å². The van der Waals surface area contributed by atoms with Gasteiger partial charge in [-0.25, -0.2) is 12.7 Å². The number of sulfonamides is 1. The zero-order valence-electron chi connectivity index (χ0n) is 22.0. The molecule has 2 saturated carbocycles. The Morgan fingerprint density at radius 3 is 2.34 bits per heavy atom. The van der Waals surface area contributed by atoms with Gasteiger partial charge >= 0.3 is 0 Å². The van der Waals surface area contributed by atoms with E-state index in [0.29, 0.717) is 42.3 Å². The number of hydrogen-bond donors (Lipinski definition) is 0. The monoisotopic (exact) mass is 574 g/mol. The van der Waals surface area contributed by atoms with E-state index in [9.17, 15) is 13.2 Å². The zero-order valence-corrected chi connectivity index (χ0v) is 24.4. The van der Waals surface area contributed by atoms with E-state index in [2.05, 4.69) is 12.6 Å². The molecule has 2 unspecified atom stereocenters. The Morgan fingerprint density at radius 1 is 1.08 bits per heavy atom. The summed E-state index contributed by atoms with van der Waals surface area (Å²) < 4.78 is 27.8. The largest absolute Gasteiger partial charge is 0.330 e. The number of amides is 1. The first-order valence-electron chi connectivity index (χ1n) is 13.4. The third-order valence-electron chi connectivity index (χ3n) is 8.53. The maximum atomic E-state index is 14.5. The zero-order chi connectivity index (χ0) is 27.2. The highest BCUT2D eigenvalue weighted by atomic mass is 35.5. The van der Waals surface area contributed by atoms with Crippen LogP contribution in [0.5, 0.6) is 0 Å². The molecule has 5 nitrogen and oxygen atoms in total. The van der Waals surface area contributed by atoms with Gasteiger partial charge in [-0.15, -0.1) is 6.58 Å². The fraction of sp³-hybridized carbons (Fsp3) is 0.500. The van der Waals surface area contributed by atoms with Gasteiger partial charge in [0.15, 0.2) is 0 Å². The number of benzene rings is 2. The van der Waals surface area contributed by atoms with E-state index in [1.54, 1.807) is 7.05 Å². The third-order valence-corrected chi connectivity index (χ3v) is 11.4. The molecule has 0 N–H and O–H groups in total. The summed E-state index contributed by atoms with van der Waals surface area (Å²) in [6.07, 6.45) is 6.40. The molecule has 4 atom stereocenters. The summed E-state index contributed by atoms with van der Waals surface area (Å²) in [5.41, 5.74) is 1.39. The molecule has 204 valence electrons. The summed E-state index contributed by atoms with van der Waals surface area (Å²) in [4.78, 5) is 16.6. The Balaban J connectivity index is 1.64. The van der Waals surface area contributed by atoms with Gasteiger partial charge in [-0.1, -0.05) is 60.5 Å². The summed E-state index contributed by atoms with van der Waals surface area (Å²) >= 11 is 12.7. The van der Waals surface area contributed by atoms with Gasteiger partial charge in [-0.05, 0) is 79.8 Å². The molecule has 0 spiro atoms. The summed E-state index contributed by atoms with van der Waals surface area (Å²) in [7, 11) is -1.70. The SMILES string of the molecule is C=CC[C@@]1(C)C[C@H](c2cccc(Cl)c2)C(c2ccc(Cl)cc2)N(C(CN(C)S(=O)(=O)C2CC2)C2CC2)C1=O. The number of likely N-dealkylation sites (N-methyl/N-ethyl adjacent to an activating group) is 1. The molecule has 3 aliphatic rings. The molecule has 38 heavy (non-hydrogen) atoms. The molecule has 2 aliphatic carbocycles. The van der Waals surface area contributed by atoms with Crippen molar-refractivity contribution in [3.05, 3.63) is 82.4 Å². The standard InChI is InChI=1S/C30H36Cl2N2O3S/c1-4-16-30(2)18-26(22-6-5-7-24(32)17-22)28(21-10-12-23(31)13-11-21)34(29(30)35)27(20-8-9-20)19-33(3)38(36,37)25-14-15-25/h4-7,10-13,17,20,25-28H,1,8-9,14-16,18-19H2,2-3H3/t26-,27?,28?,30+/m1/s1. The molecule has 1 amide bonds. The van der Waals surface area contributed by atoms with E-state index < -0.39 is 15.4 Å². The van der Waals surface area contributed by atoms with Crippen molar-refractivity contribution in [3.63, 3.8) is 0 Å². The highest BCUT2D eigenvalue weighted by Crippen LogP contribution is 2.54. The highest BCUT2D eigenvalue weighted by molar-refractivity contribution is 7.90. The van der Waals surface area contributed by atoms with Crippen LogP contribution in [0.3, 0.4) is 0 Å². The van der Waals surface area contributed by atoms with Gasteiger partial charge in [0.2, 0.25) is 15.9 Å². The van der Waals surface area contributed by atoms with Gasteiger partial charge in [0, 0.05) is 35.6 Å². The number of halogens is 2. The summed E-state index contributed by atoms with van der Waals surface area (Å²) in [6.45, 7) is 6.28. The van der Waals surface area contributed by atoms with Gasteiger partial charge in [0.05, 0.1) is 16.7 Å². The Hall–Kier alpha value is -1.86. The number of likely N-dealkylation sites (tertiary alicyclic amines) is 1. The van der Waals surface area contributed by atoms with Gasteiger partial charge in [-0.2, -0.15) is 0 Å². The number of hydrogen-bond acceptors (Lipinski definition) is 3. The van der Waals surface area contributed by atoms with Gasteiger partial charge in [0.1, 0.15) is 0 Å². The Labute approximate surface area is 236 Å². The number of allylic oxidation sites excluding steroid dienone is 1. The predicted octanol–water partition coefficient (Wildman–Crippen LogP) is 6.84. The van der Waals surface area contributed by atoms with Crippen LogP contribution in [0.2, 0.25) is 10.0 Å². The second kappa shape index (κ2) is 10.6. The second-order valence-corrected chi connectivity index (χ2v) is 14.8. The van der Waals surface area contributed by atoms with E-state index in [4.69, 9.17) is 23.2 Å². The average molecular weight is 576 g/mol. The van der Waals surface area contributed by atoms with Crippen LogP contribution in [-0.4, -0.2) is 48.4 Å². The lowest BCUT2D eigenvalue weighted by Gasteiger charge is -2.52. The maximum Gasteiger partial charge on any atom is 0.229 e. The molecule has 0 bridgehead atoms. The molecular weight excluding hydrogens is 539 g/mol. The molecule has 3 fully saturated rings. The first kappa shape index (κ1) is 27.7. The van der Waals surface area contributed by atoms with Crippen LogP contribution < -0.4 is 0 Å². The minimum Gasteiger partial charge on any atom is -0.330 e. The number of nitrogens with zero attached hydrogens (tertiary/aromatic N) is 2. The molecule has 1 heterocycles. The Morgan fingerprint density at radius 2 is 1.76 bits per heavy atom. The molecule has 2 aromatic carbocycles. The highest BCUT2D eigenvalue weighted by Gasteiger charge is 2.54. The van der Waals surface area contributed by atoms with Crippen LogP contribution in [0.4, 0.5) is 0 Å². The van der Waals surface area contributed by atoms with Crippen molar-refractivity contribution in [1.82, 2.24) is 9.21 Å². The van der Waals surface area contributed by atoms with E-state index >= 15 is 0 Å². The fourth-order valence-corrected chi connectivity index (χ4v) is 8.11. The third kappa shape index (κ3) is 5.42. The number of carbonyl (C=O) groups is 1. The van der Waals surface area contributed by atoms with Crippen LogP contribution in [0.1, 0.15) is 68.5 Å². The summed E-state index contributed by atoms with van der Waals surface area (Å²) in [5, 5.41) is 0.995. The smallest absolute Gasteiger partial charge is 0.229 e. The summed E-state index contributed by atoms with van der Waals surface area (Å²) in [6, 6.07) is 15.1. The first-order valence-corrected chi connectivity index (χ1v) is 15.7. The maximum absolute atomic E-state index is 14.5. The molecule has 0 aromatic heterocycles. The Bertz CT molecular complexity index is 1310. The topological polar surface area (TPSA) is 57.7 Å². The molecule has 0 radical (unpaired) electrons.